The van der Waals surface area contributed by atoms with E-state index in [1.54, 1.807) is 18.2 Å². The highest BCUT2D eigenvalue weighted by molar-refractivity contribution is 14.1. The van der Waals surface area contributed by atoms with Crippen molar-refractivity contribution in [1.82, 2.24) is 4.98 Å². The molecule has 0 atom stereocenters. The normalized spacial score (nSPS) is 10.7. The van der Waals surface area contributed by atoms with Gasteiger partial charge in [-0.1, -0.05) is 12.1 Å². The number of hydrogen-bond acceptors (Lipinski definition) is 8. The molecule has 0 aliphatic rings. The van der Waals surface area contributed by atoms with E-state index < -0.39 is 10.9 Å². The molecule has 0 spiro atoms. The monoisotopic (exact) mass is 548 g/mol. The Morgan fingerprint density at radius 1 is 1.31 bits per heavy atom. The van der Waals surface area contributed by atoms with Crippen molar-refractivity contribution in [3.8, 4) is 11.5 Å². The van der Waals surface area contributed by atoms with Gasteiger partial charge >= 0.3 is 11.7 Å². The van der Waals surface area contributed by atoms with Gasteiger partial charge in [-0.2, -0.15) is 5.10 Å². The van der Waals surface area contributed by atoms with Crippen molar-refractivity contribution in [2.24, 2.45) is 5.10 Å². The summed E-state index contributed by atoms with van der Waals surface area (Å²) in [5.41, 5.74) is 4.08. The van der Waals surface area contributed by atoms with E-state index in [4.69, 9.17) is 14.6 Å². The Bertz CT molecular complexity index is 1170. The zero-order valence-corrected chi connectivity index (χ0v) is 18.8. The highest BCUT2D eigenvalue weighted by Gasteiger charge is 2.14. The average Bonchev–Trinajstić information content (AvgIpc) is 2.78. The van der Waals surface area contributed by atoms with Gasteiger partial charge in [0.05, 0.1) is 27.4 Å². The highest BCUT2D eigenvalue weighted by Crippen LogP contribution is 2.34. The van der Waals surface area contributed by atoms with Gasteiger partial charge in [0.1, 0.15) is 6.61 Å². The lowest BCUT2D eigenvalue weighted by Gasteiger charge is -2.13. The molecule has 0 aliphatic heterocycles. The highest BCUT2D eigenvalue weighted by atomic mass is 127. The summed E-state index contributed by atoms with van der Waals surface area (Å²) >= 11 is 2.10. The van der Waals surface area contributed by atoms with Crippen LogP contribution in [0.5, 0.6) is 11.5 Å². The van der Waals surface area contributed by atoms with Crippen LogP contribution < -0.4 is 14.9 Å². The minimum Gasteiger partial charge on any atom is -0.493 e. The smallest absolute Gasteiger partial charge is 0.335 e. The van der Waals surface area contributed by atoms with Gasteiger partial charge in [-0.3, -0.25) is 15.5 Å². The second-order valence-electron chi connectivity index (χ2n) is 6.32. The van der Waals surface area contributed by atoms with Crippen LogP contribution in [0.2, 0.25) is 0 Å². The van der Waals surface area contributed by atoms with Crippen LogP contribution >= 0.6 is 22.6 Å². The van der Waals surface area contributed by atoms with Gasteiger partial charge in [-0.05, 0) is 64.0 Å². The maximum absolute atomic E-state index is 11.0. The number of nitro groups is 1. The van der Waals surface area contributed by atoms with Crippen molar-refractivity contribution in [3.05, 3.63) is 85.1 Å². The summed E-state index contributed by atoms with van der Waals surface area (Å²) in [4.78, 5) is 25.4. The quantitative estimate of drug-likeness (QED) is 0.175. The first kappa shape index (κ1) is 22.9. The van der Waals surface area contributed by atoms with Crippen LogP contribution in [-0.4, -0.2) is 34.3 Å². The van der Waals surface area contributed by atoms with E-state index in [1.807, 2.05) is 6.07 Å². The fraction of sp³-hybridized carbons (Fsp3) is 0.0952. The Morgan fingerprint density at radius 2 is 2.06 bits per heavy atom. The third-order valence-corrected chi connectivity index (χ3v) is 5.00. The summed E-state index contributed by atoms with van der Waals surface area (Å²) in [6, 6.07) is 12.7. The zero-order valence-electron chi connectivity index (χ0n) is 16.7. The maximum Gasteiger partial charge on any atom is 0.335 e. The van der Waals surface area contributed by atoms with Crippen LogP contribution in [0.3, 0.4) is 0 Å². The van der Waals surface area contributed by atoms with E-state index in [0.717, 1.165) is 9.13 Å². The number of methoxy groups -OCH3 is 1. The molecule has 3 aromatic rings. The lowest BCUT2D eigenvalue weighted by Crippen LogP contribution is -2.02. The standard InChI is InChI=1S/C21H17IN4O6/c1-31-18-10-14(11-24-25-20-17(26(29)30)3-2-8-23-20)9-16(22)19(18)32-12-13-4-6-15(7-5-13)21(27)28/h2-11H,12H2,1H3,(H,23,25)(H,27,28)/b24-11-. The van der Waals surface area contributed by atoms with E-state index >= 15 is 0 Å². The second-order valence-corrected chi connectivity index (χ2v) is 7.49. The molecule has 32 heavy (non-hydrogen) atoms. The Kier molecular flexibility index (Phi) is 7.54. The molecule has 1 heterocycles. The molecule has 0 radical (unpaired) electrons. The first-order chi connectivity index (χ1) is 15.4. The predicted molar refractivity (Wildman–Crippen MR) is 126 cm³/mol. The van der Waals surface area contributed by atoms with Crippen molar-refractivity contribution in [2.45, 2.75) is 6.61 Å². The van der Waals surface area contributed by atoms with Gasteiger partial charge in [-0.15, -0.1) is 0 Å². The molecule has 164 valence electrons. The van der Waals surface area contributed by atoms with Crippen molar-refractivity contribution < 1.29 is 24.3 Å². The SMILES string of the molecule is COc1cc(/C=N\Nc2ncccc2[N+](=O)[O-])cc(I)c1OCc1ccc(C(=O)O)cc1. The number of ether oxygens (including phenoxy) is 2. The van der Waals surface area contributed by atoms with Gasteiger partial charge < -0.3 is 14.6 Å². The maximum atomic E-state index is 11.0. The van der Waals surface area contributed by atoms with Crippen molar-refractivity contribution >= 4 is 46.3 Å². The van der Waals surface area contributed by atoms with Crippen LogP contribution in [-0.2, 0) is 6.61 Å². The van der Waals surface area contributed by atoms with Crippen LogP contribution in [0.25, 0.3) is 0 Å². The van der Waals surface area contributed by atoms with Gasteiger partial charge in [0.2, 0.25) is 5.82 Å². The number of aromatic nitrogens is 1. The van der Waals surface area contributed by atoms with Crippen molar-refractivity contribution in [2.75, 3.05) is 12.5 Å². The Hall–Kier alpha value is -3.74. The lowest BCUT2D eigenvalue weighted by atomic mass is 10.1. The number of pyridine rings is 1. The molecule has 10 nitrogen and oxygen atoms in total. The van der Waals surface area contributed by atoms with E-state index in [0.29, 0.717) is 17.1 Å². The van der Waals surface area contributed by atoms with E-state index in [2.05, 4.69) is 38.1 Å². The van der Waals surface area contributed by atoms with Crippen molar-refractivity contribution in [3.63, 3.8) is 0 Å². The molecule has 0 aliphatic carbocycles. The number of hydrogen-bond donors (Lipinski definition) is 2. The summed E-state index contributed by atoms with van der Waals surface area (Å²) in [6.07, 6.45) is 2.91. The molecule has 0 saturated heterocycles. The second kappa shape index (κ2) is 10.5. The zero-order chi connectivity index (χ0) is 23.1. The molecule has 0 amide bonds. The molecule has 1 aromatic heterocycles. The molecular formula is C21H17IN4O6. The number of aromatic carboxylic acids is 1. The molecule has 2 aromatic carbocycles. The van der Waals surface area contributed by atoms with Crippen LogP contribution in [0.15, 0.2) is 59.8 Å². The fourth-order valence-corrected chi connectivity index (χ4v) is 3.43. The summed E-state index contributed by atoms with van der Waals surface area (Å²) in [6.45, 7) is 0.227. The number of nitrogens with zero attached hydrogens (tertiary/aromatic N) is 3. The Labute approximate surface area is 196 Å². The number of carboxylic acids is 1. The van der Waals surface area contributed by atoms with E-state index in [-0.39, 0.29) is 23.7 Å². The first-order valence-electron chi connectivity index (χ1n) is 9.10. The molecule has 11 heteroatoms. The van der Waals surface area contributed by atoms with E-state index in [9.17, 15) is 14.9 Å². The fourth-order valence-electron chi connectivity index (χ4n) is 2.65. The third kappa shape index (κ3) is 5.69. The number of carboxylic acid groups (broad SMARTS) is 1. The Morgan fingerprint density at radius 3 is 2.72 bits per heavy atom. The van der Waals surface area contributed by atoms with Crippen LogP contribution in [0.4, 0.5) is 11.5 Å². The molecule has 0 bridgehead atoms. The van der Waals surface area contributed by atoms with Gasteiger partial charge in [0, 0.05) is 12.3 Å². The molecule has 3 rings (SSSR count). The molecule has 0 fully saturated rings. The predicted octanol–water partition coefficient (Wildman–Crippen LogP) is 4.33. The molecule has 2 N–H and O–H groups in total. The van der Waals surface area contributed by atoms with Crippen LogP contribution in [0.1, 0.15) is 21.5 Å². The van der Waals surface area contributed by atoms with Gasteiger partial charge in [-0.25, -0.2) is 9.78 Å². The number of benzene rings is 2. The number of hydrazone groups is 1. The lowest BCUT2D eigenvalue weighted by molar-refractivity contribution is -0.384. The number of rotatable bonds is 9. The molecular weight excluding hydrogens is 531 g/mol. The summed E-state index contributed by atoms with van der Waals surface area (Å²) < 4.78 is 12.1. The largest absolute Gasteiger partial charge is 0.493 e. The Balaban J connectivity index is 1.72. The van der Waals surface area contributed by atoms with Gasteiger partial charge in [0.25, 0.3) is 0 Å². The number of nitrogens with one attached hydrogen (secondary N) is 1. The van der Waals surface area contributed by atoms with Gasteiger partial charge in [0.15, 0.2) is 11.5 Å². The number of anilines is 1. The van der Waals surface area contributed by atoms with Crippen molar-refractivity contribution in [1.29, 1.82) is 0 Å². The summed E-state index contributed by atoms with van der Waals surface area (Å²) in [5, 5.41) is 24.1. The first-order valence-corrected chi connectivity index (χ1v) is 10.2. The molecule has 0 saturated carbocycles. The van der Waals surface area contributed by atoms with E-state index in [1.165, 1.54) is 43.8 Å². The minimum atomic E-state index is -0.988. The summed E-state index contributed by atoms with van der Waals surface area (Å²) in [5.74, 6) is 0.0487. The number of carbonyl (C=O) groups is 1. The summed E-state index contributed by atoms with van der Waals surface area (Å²) in [7, 11) is 1.51. The number of halogens is 1. The average molecular weight is 548 g/mol. The topological polar surface area (TPSA) is 136 Å². The van der Waals surface area contributed by atoms with Crippen LogP contribution in [0, 0.1) is 13.7 Å². The third-order valence-electron chi connectivity index (χ3n) is 4.20. The minimum absolute atomic E-state index is 0.0317. The molecule has 0 unspecified atom stereocenters.